The van der Waals surface area contributed by atoms with Gasteiger partial charge in [-0.25, -0.2) is 0 Å². The number of rotatable bonds is 3. The van der Waals surface area contributed by atoms with Gasteiger partial charge in [-0.2, -0.15) is 5.10 Å². The van der Waals surface area contributed by atoms with Crippen LogP contribution < -0.4 is 5.73 Å². The molecule has 0 saturated heterocycles. The fourth-order valence-electron chi connectivity index (χ4n) is 2.07. The van der Waals surface area contributed by atoms with Gasteiger partial charge in [-0.1, -0.05) is 22.0 Å². The van der Waals surface area contributed by atoms with E-state index in [4.69, 9.17) is 5.73 Å². The van der Waals surface area contributed by atoms with Crippen LogP contribution in [0.5, 0.6) is 0 Å². The molecule has 0 amide bonds. The quantitative estimate of drug-likeness (QED) is 0.890. The number of halogens is 2. The van der Waals surface area contributed by atoms with Crippen LogP contribution in [-0.2, 0) is 6.54 Å². The Labute approximate surface area is 124 Å². The molecule has 1 aromatic heterocycles. The second-order valence-electron chi connectivity index (χ2n) is 4.17. The molecule has 1 unspecified atom stereocenters. The van der Waals surface area contributed by atoms with E-state index in [1.807, 2.05) is 10.7 Å². The highest BCUT2D eigenvalue weighted by molar-refractivity contribution is 9.10. The van der Waals surface area contributed by atoms with Gasteiger partial charge in [0, 0.05) is 11.0 Å². The predicted molar refractivity (Wildman–Crippen MR) is 80.5 cm³/mol. The lowest BCUT2D eigenvalue weighted by molar-refractivity contribution is 0.598. The molecule has 0 fully saturated rings. The van der Waals surface area contributed by atoms with E-state index in [9.17, 15) is 0 Å². The maximum atomic E-state index is 6.38. The Morgan fingerprint density at radius 2 is 2.11 bits per heavy atom. The summed E-state index contributed by atoms with van der Waals surface area (Å²) in [4.78, 5) is 0. The summed E-state index contributed by atoms with van der Waals surface area (Å²) in [5.41, 5.74) is 9.69. The van der Waals surface area contributed by atoms with Crippen molar-refractivity contribution in [2.24, 2.45) is 5.73 Å². The van der Waals surface area contributed by atoms with Gasteiger partial charge < -0.3 is 5.73 Å². The first-order chi connectivity index (χ1) is 8.54. The van der Waals surface area contributed by atoms with Gasteiger partial charge in [0.1, 0.15) is 0 Å². The first-order valence-electron chi connectivity index (χ1n) is 5.77. The Bertz CT molecular complexity index is 563. The Morgan fingerprint density at radius 3 is 2.72 bits per heavy atom. The molecule has 0 bridgehead atoms. The highest BCUT2D eigenvalue weighted by Crippen LogP contribution is 2.29. The van der Waals surface area contributed by atoms with Gasteiger partial charge in [0.05, 0.1) is 22.4 Å². The van der Waals surface area contributed by atoms with Crippen LogP contribution in [0.2, 0.25) is 0 Å². The van der Waals surface area contributed by atoms with Crippen molar-refractivity contribution >= 4 is 31.9 Å². The highest BCUT2D eigenvalue weighted by atomic mass is 79.9. The molecule has 2 rings (SSSR count). The lowest BCUT2D eigenvalue weighted by Gasteiger charge is -2.17. The van der Waals surface area contributed by atoms with Gasteiger partial charge in [0.15, 0.2) is 0 Å². The number of nitrogens with two attached hydrogens (primary N) is 1. The van der Waals surface area contributed by atoms with Crippen molar-refractivity contribution in [3.05, 3.63) is 50.2 Å². The van der Waals surface area contributed by atoms with Crippen LogP contribution in [0.15, 0.2) is 33.3 Å². The van der Waals surface area contributed by atoms with E-state index in [-0.39, 0.29) is 6.04 Å². The fraction of sp³-hybridized carbons (Fsp3) is 0.308. The van der Waals surface area contributed by atoms with E-state index in [2.05, 4.69) is 62.9 Å². The van der Waals surface area contributed by atoms with Crippen molar-refractivity contribution in [1.29, 1.82) is 0 Å². The summed E-state index contributed by atoms with van der Waals surface area (Å²) in [6.45, 7) is 4.94. The van der Waals surface area contributed by atoms with E-state index in [0.29, 0.717) is 0 Å². The van der Waals surface area contributed by atoms with Crippen molar-refractivity contribution in [3.8, 4) is 0 Å². The number of aromatic nitrogens is 2. The number of hydrogen-bond acceptors (Lipinski definition) is 2. The van der Waals surface area contributed by atoms with Gasteiger partial charge in [-0.15, -0.1) is 0 Å². The second kappa shape index (κ2) is 5.55. The molecule has 1 atom stereocenters. The zero-order chi connectivity index (χ0) is 13.3. The third-order valence-corrected chi connectivity index (χ3v) is 4.10. The molecule has 0 radical (unpaired) electrons. The largest absolute Gasteiger partial charge is 0.319 e. The zero-order valence-electron chi connectivity index (χ0n) is 10.3. The first-order valence-corrected chi connectivity index (χ1v) is 7.36. The van der Waals surface area contributed by atoms with Gasteiger partial charge >= 0.3 is 0 Å². The summed E-state index contributed by atoms with van der Waals surface area (Å²) in [7, 11) is 0. The number of hydrogen-bond donors (Lipinski definition) is 1. The molecule has 3 nitrogen and oxygen atoms in total. The van der Waals surface area contributed by atoms with Gasteiger partial charge in [-0.05, 0) is 53.0 Å². The summed E-state index contributed by atoms with van der Waals surface area (Å²) < 4.78 is 3.95. The SMILES string of the molecule is CCn1ncc(Br)c1C(N)c1ccc(Br)cc1C. The minimum atomic E-state index is -0.171. The Balaban J connectivity index is 2.47. The number of nitrogens with zero attached hydrogens (tertiary/aromatic N) is 2. The Kier molecular flexibility index (Phi) is 4.25. The summed E-state index contributed by atoms with van der Waals surface area (Å²) in [6.07, 6.45) is 1.80. The maximum absolute atomic E-state index is 6.38. The standard InChI is InChI=1S/C13H15Br2N3/c1-3-18-13(11(15)7-17-18)12(16)10-5-4-9(14)6-8(10)2/h4-7,12H,3,16H2,1-2H3. The Hall–Kier alpha value is -0.650. The molecule has 1 heterocycles. The molecule has 1 aromatic carbocycles. The molecule has 96 valence electrons. The molecule has 0 aliphatic heterocycles. The highest BCUT2D eigenvalue weighted by Gasteiger charge is 2.19. The van der Waals surface area contributed by atoms with Crippen LogP contribution >= 0.6 is 31.9 Å². The van der Waals surface area contributed by atoms with E-state index in [1.165, 1.54) is 5.56 Å². The van der Waals surface area contributed by atoms with Crippen LogP contribution in [0.25, 0.3) is 0 Å². The van der Waals surface area contributed by atoms with Crippen LogP contribution in [0, 0.1) is 6.92 Å². The smallest absolute Gasteiger partial charge is 0.0738 e. The van der Waals surface area contributed by atoms with Crippen LogP contribution in [0.3, 0.4) is 0 Å². The van der Waals surface area contributed by atoms with Gasteiger partial charge in [0.2, 0.25) is 0 Å². The molecule has 5 heteroatoms. The van der Waals surface area contributed by atoms with Crippen molar-refractivity contribution in [2.45, 2.75) is 26.4 Å². The minimum absolute atomic E-state index is 0.171. The minimum Gasteiger partial charge on any atom is -0.319 e. The average Bonchev–Trinajstić information content (AvgIpc) is 2.69. The van der Waals surface area contributed by atoms with Crippen LogP contribution in [0.1, 0.15) is 29.8 Å². The lowest BCUT2D eigenvalue weighted by atomic mass is 9.99. The third-order valence-electron chi connectivity index (χ3n) is 2.99. The molecule has 2 aromatic rings. The first kappa shape index (κ1) is 13.8. The number of benzene rings is 1. The molecule has 18 heavy (non-hydrogen) atoms. The van der Waals surface area contributed by atoms with Gasteiger partial charge in [-0.3, -0.25) is 4.68 Å². The summed E-state index contributed by atoms with van der Waals surface area (Å²) in [5, 5.41) is 4.31. The van der Waals surface area contributed by atoms with Crippen molar-refractivity contribution in [3.63, 3.8) is 0 Å². The lowest BCUT2D eigenvalue weighted by Crippen LogP contribution is -2.18. The molecular formula is C13H15Br2N3. The van der Waals surface area contributed by atoms with Gasteiger partial charge in [0.25, 0.3) is 0 Å². The van der Waals surface area contributed by atoms with E-state index in [1.54, 1.807) is 6.20 Å². The summed E-state index contributed by atoms with van der Waals surface area (Å²) >= 11 is 6.99. The monoisotopic (exact) mass is 371 g/mol. The maximum Gasteiger partial charge on any atom is 0.0738 e. The van der Waals surface area contributed by atoms with Crippen molar-refractivity contribution in [2.75, 3.05) is 0 Å². The molecule has 0 aliphatic rings. The second-order valence-corrected chi connectivity index (χ2v) is 5.94. The topological polar surface area (TPSA) is 43.8 Å². The predicted octanol–water partition coefficient (Wildman–Crippen LogP) is 3.78. The molecule has 0 aliphatic carbocycles. The number of aryl methyl sites for hydroxylation is 2. The van der Waals surface area contributed by atoms with Crippen molar-refractivity contribution in [1.82, 2.24) is 9.78 Å². The molecule has 0 spiro atoms. The van der Waals surface area contributed by atoms with Crippen LogP contribution in [-0.4, -0.2) is 9.78 Å². The third kappa shape index (κ3) is 2.53. The van der Waals surface area contributed by atoms with Crippen LogP contribution in [0.4, 0.5) is 0 Å². The van der Waals surface area contributed by atoms with E-state index < -0.39 is 0 Å². The molecule has 0 saturated carbocycles. The van der Waals surface area contributed by atoms with E-state index in [0.717, 1.165) is 26.7 Å². The normalized spacial score (nSPS) is 12.7. The average molecular weight is 373 g/mol. The molecular weight excluding hydrogens is 358 g/mol. The summed E-state index contributed by atoms with van der Waals surface area (Å²) in [5.74, 6) is 0. The summed E-state index contributed by atoms with van der Waals surface area (Å²) in [6, 6.07) is 5.98. The van der Waals surface area contributed by atoms with E-state index >= 15 is 0 Å². The molecule has 2 N–H and O–H groups in total. The fourth-order valence-corrected chi connectivity index (χ4v) is 3.09. The zero-order valence-corrected chi connectivity index (χ0v) is 13.5. The van der Waals surface area contributed by atoms with Crippen molar-refractivity contribution < 1.29 is 0 Å². The Morgan fingerprint density at radius 1 is 1.39 bits per heavy atom.